The van der Waals surface area contributed by atoms with E-state index in [0.29, 0.717) is 47.5 Å². The fourth-order valence-electron chi connectivity index (χ4n) is 3.24. The van der Waals surface area contributed by atoms with Crippen molar-refractivity contribution in [3.8, 4) is 5.75 Å². The second-order valence-electron chi connectivity index (χ2n) is 8.28. The number of aliphatic hydroxyl groups is 1. The number of hydrogen-bond donors (Lipinski definition) is 1. The van der Waals surface area contributed by atoms with Crippen LogP contribution >= 0.6 is 11.3 Å². The summed E-state index contributed by atoms with van der Waals surface area (Å²) in [7, 11) is 0. The number of aromatic nitrogens is 1. The molecule has 3 heterocycles. The number of aliphatic hydroxyl groups excluding tert-OH is 1. The van der Waals surface area contributed by atoms with E-state index < -0.39 is 18.2 Å². The first kappa shape index (κ1) is 22.6. The minimum atomic E-state index is -4.31. The van der Waals surface area contributed by atoms with Crippen LogP contribution in [-0.4, -0.2) is 52.1 Å². The van der Waals surface area contributed by atoms with Crippen molar-refractivity contribution in [2.75, 3.05) is 13.1 Å². The Balaban J connectivity index is 1.73. The molecule has 166 valence electrons. The molecule has 0 aliphatic carbocycles. The number of fused-ring (bicyclic) bond motifs is 1. The summed E-state index contributed by atoms with van der Waals surface area (Å²) in [5, 5.41) is 10.1. The Kier molecular flexibility index (Phi) is 6.47. The molecule has 1 saturated heterocycles. The number of thiophene rings is 1. The van der Waals surface area contributed by atoms with Gasteiger partial charge in [0, 0.05) is 42.6 Å². The van der Waals surface area contributed by atoms with Crippen LogP contribution in [0.3, 0.4) is 0 Å². The molecule has 0 spiro atoms. The van der Waals surface area contributed by atoms with E-state index in [1.54, 1.807) is 25.7 Å². The van der Waals surface area contributed by atoms with Crippen molar-refractivity contribution >= 4 is 27.6 Å². The summed E-state index contributed by atoms with van der Waals surface area (Å²) < 4.78 is 49.8. The maximum absolute atomic E-state index is 12.8. The lowest BCUT2D eigenvalue weighted by atomic mass is 10.1. The summed E-state index contributed by atoms with van der Waals surface area (Å²) in [6, 6.07) is 1.44. The number of rotatable bonds is 4. The highest BCUT2D eigenvalue weighted by Crippen LogP contribution is 2.37. The van der Waals surface area contributed by atoms with Gasteiger partial charge in [-0.2, -0.15) is 13.2 Å². The van der Waals surface area contributed by atoms with E-state index in [-0.39, 0.29) is 23.7 Å². The molecule has 0 bridgehead atoms. The van der Waals surface area contributed by atoms with Gasteiger partial charge in [0.2, 0.25) is 0 Å². The third kappa shape index (κ3) is 5.75. The van der Waals surface area contributed by atoms with Crippen LogP contribution in [0.1, 0.15) is 44.1 Å². The maximum atomic E-state index is 12.8. The number of nitrogens with zero attached hydrogens (tertiary/aromatic N) is 2. The average molecular weight is 446 g/mol. The normalized spacial score (nSPS) is 16.2. The first-order chi connectivity index (χ1) is 13.9. The van der Waals surface area contributed by atoms with Crippen molar-refractivity contribution in [1.29, 1.82) is 0 Å². The topological polar surface area (TPSA) is 71.9 Å². The van der Waals surface area contributed by atoms with Crippen LogP contribution < -0.4 is 4.74 Å². The number of amides is 1. The molecule has 3 rings (SSSR count). The quantitative estimate of drug-likeness (QED) is 0.739. The zero-order chi connectivity index (χ0) is 22.1. The largest absolute Gasteiger partial charge is 0.489 e. The van der Waals surface area contributed by atoms with Gasteiger partial charge in [-0.15, -0.1) is 11.3 Å². The summed E-state index contributed by atoms with van der Waals surface area (Å²) in [6.07, 6.45) is -3.42. The van der Waals surface area contributed by atoms with Gasteiger partial charge in [-0.1, -0.05) is 0 Å². The Hall–Kier alpha value is -2.07. The molecule has 1 amide bonds. The maximum Gasteiger partial charge on any atom is 0.410 e. The smallest absolute Gasteiger partial charge is 0.410 e. The number of carbonyl (C=O) groups is 1. The van der Waals surface area contributed by atoms with Gasteiger partial charge in [-0.25, -0.2) is 9.78 Å². The fraction of sp³-hybridized carbons (Fsp3) is 0.600. The van der Waals surface area contributed by atoms with Gasteiger partial charge >= 0.3 is 12.3 Å². The molecule has 2 aromatic heterocycles. The van der Waals surface area contributed by atoms with E-state index in [1.165, 1.54) is 12.3 Å². The second kappa shape index (κ2) is 8.58. The predicted octanol–water partition coefficient (Wildman–Crippen LogP) is 4.67. The van der Waals surface area contributed by atoms with Crippen molar-refractivity contribution in [1.82, 2.24) is 9.88 Å². The lowest BCUT2D eigenvalue weighted by Gasteiger charge is -2.33. The van der Waals surface area contributed by atoms with E-state index >= 15 is 0 Å². The molecule has 1 N–H and O–H groups in total. The summed E-state index contributed by atoms with van der Waals surface area (Å²) in [5.41, 5.74) is -0.149. The lowest BCUT2D eigenvalue weighted by Crippen LogP contribution is -2.44. The summed E-state index contributed by atoms with van der Waals surface area (Å²) in [6.45, 7) is 5.98. The standard InChI is InChI=1S/C20H25F3N2O4S/c1-19(2,3)29-18(27)25-6-4-13(5-7-25)28-16-12(11-26)10-24-17-15(16)8-14(30-17)9-20(21,22)23/h8,10,13,26H,4-7,9,11H2,1-3H3. The molecule has 1 aliphatic heterocycles. The minimum absolute atomic E-state index is 0.143. The number of likely N-dealkylation sites (tertiary alicyclic amines) is 1. The van der Waals surface area contributed by atoms with Gasteiger partial charge in [-0.3, -0.25) is 0 Å². The number of carbonyl (C=O) groups excluding carboxylic acids is 1. The highest BCUT2D eigenvalue weighted by Gasteiger charge is 2.31. The number of alkyl halides is 3. The number of ether oxygens (including phenoxy) is 2. The van der Waals surface area contributed by atoms with Crippen molar-refractivity contribution in [2.45, 2.75) is 64.5 Å². The highest BCUT2D eigenvalue weighted by atomic mass is 32.1. The summed E-state index contributed by atoms with van der Waals surface area (Å²) >= 11 is 0.967. The number of pyridine rings is 1. The Morgan fingerprint density at radius 3 is 2.53 bits per heavy atom. The van der Waals surface area contributed by atoms with E-state index in [4.69, 9.17) is 9.47 Å². The van der Waals surface area contributed by atoms with Crippen LogP contribution in [0.25, 0.3) is 10.2 Å². The molecular weight excluding hydrogens is 421 g/mol. The number of halogens is 3. The third-order valence-electron chi connectivity index (χ3n) is 4.56. The van der Waals surface area contributed by atoms with Crippen molar-refractivity contribution < 1.29 is 32.5 Å². The monoisotopic (exact) mass is 446 g/mol. The molecule has 30 heavy (non-hydrogen) atoms. The Labute approximate surface area is 176 Å². The molecule has 0 atom stereocenters. The van der Waals surface area contributed by atoms with Gasteiger partial charge in [0.05, 0.1) is 18.4 Å². The average Bonchev–Trinajstić information content (AvgIpc) is 3.02. The van der Waals surface area contributed by atoms with E-state index in [9.17, 15) is 23.1 Å². The summed E-state index contributed by atoms with van der Waals surface area (Å²) in [5.74, 6) is 0.364. The van der Waals surface area contributed by atoms with E-state index in [2.05, 4.69) is 4.98 Å². The van der Waals surface area contributed by atoms with Gasteiger partial charge in [0.25, 0.3) is 0 Å². The molecule has 1 aliphatic rings. The Morgan fingerprint density at radius 1 is 1.30 bits per heavy atom. The van der Waals surface area contributed by atoms with Gasteiger partial charge in [-0.05, 0) is 26.8 Å². The molecular formula is C20H25F3N2O4S. The number of hydrogen-bond acceptors (Lipinski definition) is 6. The van der Waals surface area contributed by atoms with Crippen LogP contribution in [0.5, 0.6) is 5.75 Å². The predicted molar refractivity (Wildman–Crippen MR) is 107 cm³/mol. The van der Waals surface area contributed by atoms with Gasteiger partial charge in [0.1, 0.15) is 22.3 Å². The summed E-state index contributed by atoms with van der Waals surface area (Å²) in [4.78, 5) is 18.6. The Morgan fingerprint density at radius 2 is 1.97 bits per heavy atom. The van der Waals surface area contributed by atoms with E-state index in [1.807, 2.05) is 0 Å². The molecule has 10 heteroatoms. The van der Waals surface area contributed by atoms with Crippen molar-refractivity contribution in [2.24, 2.45) is 0 Å². The molecule has 0 saturated carbocycles. The molecule has 0 aromatic carbocycles. The molecule has 0 radical (unpaired) electrons. The Bertz CT molecular complexity index is 900. The SMILES string of the molecule is CC(C)(C)OC(=O)N1CCC(Oc2c(CO)cnc3sc(CC(F)(F)F)cc23)CC1. The second-order valence-corrected chi connectivity index (χ2v) is 9.39. The van der Waals surface area contributed by atoms with Crippen molar-refractivity contribution in [3.63, 3.8) is 0 Å². The third-order valence-corrected chi connectivity index (χ3v) is 5.60. The van der Waals surface area contributed by atoms with Crippen LogP contribution in [0.4, 0.5) is 18.0 Å². The van der Waals surface area contributed by atoms with Crippen LogP contribution in [0.2, 0.25) is 0 Å². The number of piperidine rings is 1. The lowest BCUT2D eigenvalue weighted by molar-refractivity contribution is -0.126. The van der Waals surface area contributed by atoms with Gasteiger partial charge in [0.15, 0.2) is 0 Å². The van der Waals surface area contributed by atoms with Crippen LogP contribution in [0, 0.1) is 0 Å². The van der Waals surface area contributed by atoms with Crippen molar-refractivity contribution in [3.05, 3.63) is 22.7 Å². The molecule has 6 nitrogen and oxygen atoms in total. The zero-order valence-electron chi connectivity index (χ0n) is 17.1. The molecule has 0 unspecified atom stereocenters. The van der Waals surface area contributed by atoms with Crippen LogP contribution in [0.15, 0.2) is 12.3 Å². The molecule has 2 aromatic rings. The minimum Gasteiger partial charge on any atom is -0.489 e. The van der Waals surface area contributed by atoms with Gasteiger partial charge < -0.3 is 19.5 Å². The fourth-order valence-corrected chi connectivity index (χ4v) is 4.27. The first-order valence-electron chi connectivity index (χ1n) is 9.67. The zero-order valence-corrected chi connectivity index (χ0v) is 17.9. The highest BCUT2D eigenvalue weighted by molar-refractivity contribution is 7.18. The first-order valence-corrected chi connectivity index (χ1v) is 10.5. The van der Waals surface area contributed by atoms with Crippen LogP contribution in [-0.2, 0) is 17.8 Å². The van der Waals surface area contributed by atoms with E-state index in [0.717, 1.165) is 11.3 Å². The molecule has 1 fully saturated rings.